The molecule has 0 saturated carbocycles. The highest BCUT2D eigenvalue weighted by Gasteiger charge is 2.10. The number of benzene rings is 1. The number of ether oxygens (including phenoxy) is 2. The van der Waals surface area contributed by atoms with Gasteiger partial charge in [-0.25, -0.2) is 4.39 Å². The predicted octanol–water partition coefficient (Wildman–Crippen LogP) is 1.42. The number of carbonyl (C=O) groups excluding carboxylic acids is 1. The van der Waals surface area contributed by atoms with Gasteiger partial charge in [0.05, 0.1) is 6.61 Å². The molecule has 1 aromatic heterocycles. The van der Waals surface area contributed by atoms with Crippen molar-refractivity contribution < 1.29 is 23.1 Å². The third-order valence-electron chi connectivity index (χ3n) is 2.42. The second kappa shape index (κ2) is 7.34. The van der Waals surface area contributed by atoms with Gasteiger partial charge in [0, 0.05) is 13.5 Å². The number of anilines is 1. The molecule has 0 unspecified atom stereocenters. The van der Waals surface area contributed by atoms with Crippen LogP contribution in [0.3, 0.4) is 0 Å². The highest BCUT2D eigenvalue weighted by molar-refractivity contribution is 5.89. The molecule has 0 spiro atoms. The molecule has 0 atom stereocenters. The summed E-state index contributed by atoms with van der Waals surface area (Å²) in [6.07, 6.45) is 0.464. The van der Waals surface area contributed by atoms with Crippen LogP contribution in [-0.4, -0.2) is 36.4 Å². The number of rotatable bonds is 7. The lowest BCUT2D eigenvalue weighted by Gasteiger charge is -2.04. The number of hydrogen-bond donors (Lipinski definition) is 1. The van der Waals surface area contributed by atoms with E-state index in [9.17, 15) is 9.18 Å². The topological polar surface area (TPSA) is 86.5 Å². The quantitative estimate of drug-likeness (QED) is 0.831. The second-order valence-corrected chi connectivity index (χ2v) is 4.03. The zero-order valence-electron chi connectivity index (χ0n) is 11.3. The Morgan fingerprint density at radius 3 is 2.81 bits per heavy atom. The van der Waals surface area contributed by atoms with Gasteiger partial charge >= 0.3 is 6.01 Å². The third-order valence-corrected chi connectivity index (χ3v) is 2.42. The van der Waals surface area contributed by atoms with Crippen molar-refractivity contribution in [2.45, 2.75) is 6.42 Å². The van der Waals surface area contributed by atoms with Crippen LogP contribution in [0.5, 0.6) is 5.75 Å². The van der Waals surface area contributed by atoms with Crippen LogP contribution in [0, 0.1) is 5.82 Å². The first-order valence-corrected chi connectivity index (χ1v) is 6.17. The van der Waals surface area contributed by atoms with Crippen LogP contribution in [0.4, 0.5) is 10.4 Å². The summed E-state index contributed by atoms with van der Waals surface area (Å²) in [5.41, 5.74) is 0. The van der Waals surface area contributed by atoms with Gasteiger partial charge in [0.15, 0.2) is 6.61 Å². The molecule has 1 N–H and O–H groups in total. The number of aromatic nitrogens is 2. The minimum Gasteiger partial charge on any atom is -0.484 e. The first kappa shape index (κ1) is 14.9. The zero-order valence-corrected chi connectivity index (χ0v) is 11.3. The number of amides is 1. The van der Waals surface area contributed by atoms with Crippen LogP contribution in [0.2, 0.25) is 0 Å². The van der Waals surface area contributed by atoms with E-state index in [2.05, 4.69) is 15.5 Å². The fraction of sp³-hybridized carbons (Fsp3) is 0.308. The molecule has 0 fully saturated rings. The van der Waals surface area contributed by atoms with Crippen LogP contribution in [-0.2, 0) is 16.0 Å². The molecule has 1 heterocycles. The molecule has 0 aliphatic carbocycles. The van der Waals surface area contributed by atoms with E-state index >= 15 is 0 Å². The van der Waals surface area contributed by atoms with E-state index in [1.807, 2.05) is 0 Å². The highest BCUT2D eigenvalue weighted by Crippen LogP contribution is 2.11. The lowest BCUT2D eigenvalue weighted by Crippen LogP contribution is -2.20. The zero-order chi connectivity index (χ0) is 15.1. The van der Waals surface area contributed by atoms with Gasteiger partial charge in [-0.05, 0) is 24.3 Å². The van der Waals surface area contributed by atoms with Crippen molar-refractivity contribution in [1.29, 1.82) is 0 Å². The number of methoxy groups -OCH3 is 1. The molecule has 1 amide bonds. The van der Waals surface area contributed by atoms with Gasteiger partial charge in [-0.1, -0.05) is 5.10 Å². The highest BCUT2D eigenvalue weighted by atomic mass is 19.1. The van der Waals surface area contributed by atoms with Crippen LogP contribution in [0.1, 0.15) is 5.89 Å². The summed E-state index contributed by atoms with van der Waals surface area (Å²) >= 11 is 0. The normalized spacial score (nSPS) is 10.4. The monoisotopic (exact) mass is 295 g/mol. The van der Waals surface area contributed by atoms with E-state index in [0.29, 0.717) is 24.7 Å². The van der Waals surface area contributed by atoms with Crippen molar-refractivity contribution in [3.63, 3.8) is 0 Å². The van der Waals surface area contributed by atoms with Crippen molar-refractivity contribution in [2.24, 2.45) is 0 Å². The molecule has 1 aromatic carbocycles. The van der Waals surface area contributed by atoms with E-state index < -0.39 is 5.91 Å². The molecule has 0 bridgehead atoms. The maximum Gasteiger partial charge on any atom is 0.322 e. The van der Waals surface area contributed by atoms with E-state index in [1.165, 1.54) is 24.3 Å². The number of hydrogen-bond acceptors (Lipinski definition) is 6. The summed E-state index contributed by atoms with van der Waals surface area (Å²) in [7, 11) is 1.56. The molecule has 0 aliphatic heterocycles. The van der Waals surface area contributed by atoms with Crippen LogP contribution in [0.15, 0.2) is 28.7 Å². The summed E-state index contributed by atoms with van der Waals surface area (Å²) in [5, 5.41) is 9.81. The Hall–Kier alpha value is -2.48. The second-order valence-electron chi connectivity index (χ2n) is 4.03. The van der Waals surface area contributed by atoms with Gasteiger partial charge in [0.1, 0.15) is 11.6 Å². The smallest absolute Gasteiger partial charge is 0.322 e. The molecule has 7 nitrogen and oxygen atoms in total. The molecule has 0 radical (unpaired) electrons. The van der Waals surface area contributed by atoms with E-state index in [4.69, 9.17) is 13.9 Å². The fourth-order valence-electron chi connectivity index (χ4n) is 1.43. The Morgan fingerprint density at radius 1 is 1.33 bits per heavy atom. The van der Waals surface area contributed by atoms with E-state index in [0.717, 1.165) is 0 Å². The summed E-state index contributed by atoms with van der Waals surface area (Å²) < 4.78 is 27.9. The molecule has 2 rings (SSSR count). The molecule has 112 valence electrons. The average molecular weight is 295 g/mol. The molecular weight excluding hydrogens is 281 g/mol. The molecule has 0 saturated heterocycles. The molecular formula is C13H14FN3O4. The van der Waals surface area contributed by atoms with Crippen LogP contribution in [0.25, 0.3) is 0 Å². The largest absolute Gasteiger partial charge is 0.484 e. The first-order valence-electron chi connectivity index (χ1n) is 6.17. The van der Waals surface area contributed by atoms with Crippen molar-refractivity contribution in [3.8, 4) is 5.75 Å². The SMILES string of the molecule is COCCc1nnc(NC(=O)COc2ccc(F)cc2)o1. The number of carbonyl (C=O) groups is 1. The van der Waals surface area contributed by atoms with Gasteiger partial charge in [-0.2, -0.15) is 0 Å². The molecule has 0 aliphatic rings. The van der Waals surface area contributed by atoms with E-state index in [1.54, 1.807) is 7.11 Å². The maximum atomic E-state index is 12.7. The van der Waals surface area contributed by atoms with Crippen LogP contribution < -0.4 is 10.1 Å². The van der Waals surface area contributed by atoms with Crippen molar-refractivity contribution in [1.82, 2.24) is 10.2 Å². The fourth-order valence-corrected chi connectivity index (χ4v) is 1.43. The Labute approximate surface area is 120 Å². The van der Waals surface area contributed by atoms with Gasteiger partial charge in [0.2, 0.25) is 5.89 Å². The Morgan fingerprint density at radius 2 is 2.10 bits per heavy atom. The van der Waals surface area contributed by atoms with Crippen LogP contribution >= 0.6 is 0 Å². The third kappa shape index (κ3) is 4.84. The van der Waals surface area contributed by atoms with Gasteiger partial charge < -0.3 is 13.9 Å². The Balaban J connectivity index is 1.78. The molecule has 2 aromatic rings. The first-order chi connectivity index (χ1) is 10.2. The number of halogens is 1. The van der Waals surface area contributed by atoms with Crippen molar-refractivity contribution in [2.75, 3.05) is 25.6 Å². The predicted molar refractivity (Wildman–Crippen MR) is 70.4 cm³/mol. The number of nitrogens with zero attached hydrogens (tertiary/aromatic N) is 2. The van der Waals surface area contributed by atoms with Crippen molar-refractivity contribution in [3.05, 3.63) is 36.0 Å². The number of nitrogens with one attached hydrogen (secondary N) is 1. The average Bonchev–Trinajstić information content (AvgIpc) is 2.92. The maximum absolute atomic E-state index is 12.7. The Bertz CT molecular complexity index is 585. The summed E-state index contributed by atoms with van der Waals surface area (Å²) in [6, 6.07) is 5.34. The standard InChI is InChI=1S/C13H14FN3O4/c1-19-7-6-12-16-17-13(21-12)15-11(18)8-20-10-4-2-9(14)3-5-10/h2-5H,6-8H2,1H3,(H,15,17,18). The van der Waals surface area contributed by atoms with Crippen molar-refractivity contribution >= 4 is 11.9 Å². The molecule has 21 heavy (non-hydrogen) atoms. The lowest BCUT2D eigenvalue weighted by atomic mass is 10.3. The van der Waals surface area contributed by atoms with Gasteiger partial charge in [0.25, 0.3) is 5.91 Å². The Kier molecular flexibility index (Phi) is 5.22. The minimum absolute atomic E-state index is 0.00573. The van der Waals surface area contributed by atoms with Gasteiger partial charge in [-0.15, -0.1) is 5.10 Å². The summed E-state index contributed by atoms with van der Waals surface area (Å²) in [4.78, 5) is 11.6. The summed E-state index contributed by atoms with van der Waals surface area (Å²) in [5.74, 6) is -0.0769. The lowest BCUT2D eigenvalue weighted by molar-refractivity contribution is -0.118. The summed E-state index contributed by atoms with van der Waals surface area (Å²) in [6.45, 7) is 0.199. The van der Waals surface area contributed by atoms with Gasteiger partial charge in [-0.3, -0.25) is 10.1 Å². The van der Waals surface area contributed by atoms with E-state index in [-0.39, 0.29) is 18.4 Å². The minimum atomic E-state index is -0.457. The molecule has 8 heteroatoms.